The number of alkyl halides is 2. The summed E-state index contributed by atoms with van der Waals surface area (Å²) < 4.78 is 32.3. The topological polar surface area (TPSA) is 49.8 Å². The number of piperidine rings is 1. The van der Waals surface area contributed by atoms with Gasteiger partial charge in [-0.3, -0.25) is 4.79 Å². The van der Waals surface area contributed by atoms with Crippen molar-refractivity contribution in [1.29, 1.82) is 0 Å². The Hall–Kier alpha value is -1.69. The molecule has 0 aliphatic carbocycles. The lowest BCUT2D eigenvalue weighted by atomic mass is 9.94. The third-order valence-corrected chi connectivity index (χ3v) is 3.68. The number of hydrogen-bond acceptors (Lipinski definition) is 3. The highest BCUT2D eigenvalue weighted by atomic mass is 19.3. The highest BCUT2D eigenvalue weighted by Gasteiger charge is 2.44. The fourth-order valence-corrected chi connectivity index (χ4v) is 2.34. The molecule has 6 heteroatoms. The van der Waals surface area contributed by atoms with E-state index >= 15 is 0 Å². The molecule has 1 saturated heterocycles. The smallest absolute Gasteiger partial charge is 0.260 e. The quantitative estimate of drug-likeness (QED) is 0.923. The van der Waals surface area contributed by atoms with Crippen molar-refractivity contribution in [3.63, 3.8) is 0 Å². The lowest BCUT2D eigenvalue weighted by Crippen LogP contribution is -2.51. The van der Waals surface area contributed by atoms with Gasteiger partial charge in [0.1, 0.15) is 5.75 Å². The van der Waals surface area contributed by atoms with E-state index in [2.05, 4.69) is 0 Å². The Morgan fingerprint density at radius 1 is 1.52 bits per heavy atom. The summed E-state index contributed by atoms with van der Waals surface area (Å²) in [5.41, 5.74) is 1.01. The minimum absolute atomic E-state index is 0.0144. The zero-order chi connectivity index (χ0) is 15.5. The van der Waals surface area contributed by atoms with Gasteiger partial charge in [0.15, 0.2) is 6.61 Å². The van der Waals surface area contributed by atoms with Crippen LogP contribution in [0.1, 0.15) is 12.0 Å². The van der Waals surface area contributed by atoms with E-state index in [-0.39, 0.29) is 25.6 Å². The van der Waals surface area contributed by atoms with Crippen LogP contribution in [-0.4, -0.2) is 48.1 Å². The normalized spacial score (nSPS) is 21.1. The number of halogens is 2. The Morgan fingerprint density at radius 3 is 2.95 bits per heavy atom. The van der Waals surface area contributed by atoms with Crippen LogP contribution >= 0.6 is 0 Å². The van der Waals surface area contributed by atoms with Crippen molar-refractivity contribution in [2.24, 2.45) is 5.92 Å². The fraction of sp³-hybridized carbons (Fsp3) is 0.533. The Labute approximate surface area is 122 Å². The number of carbonyl (C=O) groups excluding carboxylic acids is 1. The molecule has 0 spiro atoms. The van der Waals surface area contributed by atoms with Gasteiger partial charge in [-0.2, -0.15) is 0 Å². The maximum atomic E-state index is 13.5. The van der Waals surface area contributed by atoms with Crippen molar-refractivity contribution >= 4 is 5.91 Å². The number of amides is 1. The number of rotatable bonds is 4. The van der Waals surface area contributed by atoms with Crippen LogP contribution in [0, 0.1) is 12.8 Å². The van der Waals surface area contributed by atoms with Crippen molar-refractivity contribution in [3.8, 4) is 5.75 Å². The van der Waals surface area contributed by atoms with Crippen LogP contribution in [0.15, 0.2) is 24.3 Å². The molecule has 1 N–H and O–H groups in total. The van der Waals surface area contributed by atoms with Gasteiger partial charge in [0.2, 0.25) is 0 Å². The molecule has 1 heterocycles. The molecule has 1 atom stereocenters. The van der Waals surface area contributed by atoms with E-state index < -0.39 is 24.9 Å². The minimum Gasteiger partial charge on any atom is -0.484 e. The van der Waals surface area contributed by atoms with E-state index in [0.29, 0.717) is 5.75 Å². The second-order valence-corrected chi connectivity index (χ2v) is 5.34. The van der Waals surface area contributed by atoms with Gasteiger partial charge >= 0.3 is 0 Å². The molecule has 0 radical (unpaired) electrons. The second kappa shape index (κ2) is 6.39. The van der Waals surface area contributed by atoms with E-state index in [1.165, 1.54) is 4.90 Å². The average molecular weight is 299 g/mol. The molecule has 1 aliphatic rings. The van der Waals surface area contributed by atoms with Crippen LogP contribution in [-0.2, 0) is 4.79 Å². The van der Waals surface area contributed by atoms with Gasteiger partial charge in [-0.25, -0.2) is 8.78 Å². The lowest BCUT2D eigenvalue weighted by molar-refractivity contribution is -0.150. The first kappa shape index (κ1) is 15.7. The van der Waals surface area contributed by atoms with E-state index in [4.69, 9.17) is 9.84 Å². The summed E-state index contributed by atoms with van der Waals surface area (Å²) >= 11 is 0. The molecule has 1 aromatic rings. The molecule has 1 amide bonds. The minimum atomic E-state index is -2.91. The number of benzene rings is 1. The van der Waals surface area contributed by atoms with Crippen molar-refractivity contribution in [1.82, 2.24) is 4.90 Å². The first-order valence-electron chi connectivity index (χ1n) is 6.88. The van der Waals surface area contributed by atoms with Crippen molar-refractivity contribution in [2.45, 2.75) is 19.3 Å². The maximum absolute atomic E-state index is 13.5. The van der Waals surface area contributed by atoms with E-state index in [0.717, 1.165) is 5.56 Å². The molecule has 4 nitrogen and oxygen atoms in total. The van der Waals surface area contributed by atoms with E-state index in [1.807, 2.05) is 19.1 Å². The first-order chi connectivity index (χ1) is 9.92. The number of ether oxygens (including phenoxy) is 1. The number of aliphatic hydroxyl groups is 1. The number of aliphatic hydroxyl groups excluding tert-OH is 1. The predicted octanol–water partition coefficient (Wildman–Crippen LogP) is 1.85. The molecule has 0 aromatic heterocycles. The summed E-state index contributed by atoms with van der Waals surface area (Å²) in [6.45, 7) is 0.939. The number of aryl methyl sites for hydroxylation is 1. The molecular formula is C15H19F2NO3. The van der Waals surface area contributed by atoms with E-state index in [1.54, 1.807) is 12.1 Å². The number of nitrogens with zero attached hydrogens (tertiary/aromatic N) is 1. The summed E-state index contributed by atoms with van der Waals surface area (Å²) in [6, 6.07) is 7.26. The summed E-state index contributed by atoms with van der Waals surface area (Å²) in [7, 11) is 0. The van der Waals surface area contributed by atoms with Gasteiger partial charge in [-0.1, -0.05) is 12.1 Å². The summed E-state index contributed by atoms with van der Waals surface area (Å²) in [6.07, 6.45) is -0.422. The Balaban J connectivity index is 1.89. The first-order valence-corrected chi connectivity index (χ1v) is 6.88. The molecule has 21 heavy (non-hydrogen) atoms. The van der Waals surface area contributed by atoms with Gasteiger partial charge in [-0.05, 0) is 24.6 Å². The molecule has 1 fully saturated rings. The third kappa shape index (κ3) is 3.91. The molecule has 1 aliphatic heterocycles. The van der Waals surface area contributed by atoms with Gasteiger partial charge in [-0.15, -0.1) is 0 Å². The highest BCUT2D eigenvalue weighted by Crippen LogP contribution is 2.33. The fourth-order valence-electron chi connectivity index (χ4n) is 2.34. The number of hydrogen-bond donors (Lipinski definition) is 1. The maximum Gasteiger partial charge on any atom is 0.260 e. The van der Waals surface area contributed by atoms with Crippen LogP contribution in [0.4, 0.5) is 8.78 Å². The Bertz CT molecular complexity index is 507. The van der Waals surface area contributed by atoms with Crippen molar-refractivity contribution in [2.75, 3.05) is 26.3 Å². The molecule has 0 saturated carbocycles. The van der Waals surface area contributed by atoms with Crippen LogP contribution in [0.5, 0.6) is 5.75 Å². The van der Waals surface area contributed by atoms with Crippen LogP contribution in [0.25, 0.3) is 0 Å². The van der Waals surface area contributed by atoms with Crippen LogP contribution in [0.3, 0.4) is 0 Å². The van der Waals surface area contributed by atoms with Gasteiger partial charge in [0.05, 0.1) is 12.5 Å². The Morgan fingerprint density at radius 2 is 2.29 bits per heavy atom. The van der Waals surface area contributed by atoms with Crippen LogP contribution in [0.2, 0.25) is 0 Å². The van der Waals surface area contributed by atoms with Crippen molar-refractivity contribution in [3.05, 3.63) is 29.8 Å². The lowest BCUT2D eigenvalue weighted by Gasteiger charge is -2.37. The molecule has 2 rings (SSSR count). The molecule has 116 valence electrons. The molecular weight excluding hydrogens is 280 g/mol. The van der Waals surface area contributed by atoms with Gasteiger partial charge in [0, 0.05) is 19.5 Å². The SMILES string of the molecule is Cc1cccc(OCC(=O)N2CCC(F)(F)C(CO)C2)c1. The highest BCUT2D eigenvalue weighted by molar-refractivity contribution is 5.78. The van der Waals surface area contributed by atoms with Crippen molar-refractivity contribution < 1.29 is 23.4 Å². The largest absolute Gasteiger partial charge is 0.484 e. The molecule has 1 unspecified atom stereocenters. The standard InChI is InChI=1S/C15H19F2NO3/c1-11-3-2-4-13(7-11)21-10-14(20)18-6-5-15(16,17)12(8-18)9-19/h2-4,7,12,19H,5-6,8-10H2,1H3. The average Bonchev–Trinajstić information content (AvgIpc) is 2.44. The summed E-state index contributed by atoms with van der Waals surface area (Å²) in [5, 5.41) is 9.02. The predicted molar refractivity (Wildman–Crippen MR) is 73.4 cm³/mol. The molecule has 0 bridgehead atoms. The van der Waals surface area contributed by atoms with Crippen LogP contribution < -0.4 is 4.74 Å². The number of likely N-dealkylation sites (tertiary alicyclic amines) is 1. The molecule has 1 aromatic carbocycles. The second-order valence-electron chi connectivity index (χ2n) is 5.34. The van der Waals surface area contributed by atoms with E-state index in [9.17, 15) is 13.6 Å². The third-order valence-electron chi connectivity index (χ3n) is 3.68. The zero-order valence-electron chi connectivity index (χ0n) is 11.9. The zero-order valence-corrected chi connectivity index (χ0v) is 11.9. The monoisotopic (exact) mass is 299 g/mol. The Kier molecular flexibility index (Phi) is 4.77. The summed E-state index contributed by atoms with van der Waals surface area (Å²) in [4.78, 5) is 13.3. The summed E-state index contributed by atoms with van der Waals surface area (Å²) in [5.74, 6) is -3.88. The van der Waals surface area contributed by atoms with Gasteiger partial charge < -0.3 is 14.7 Å². The number of carbonyl (C=O) groups is 1. The van der Waals surface area contributed by atoms with Gasteiger partial charge in [0.25, 0.3) is 11.8 Å².